The van der Waals surface area contributed by atoms with Gasteiger partial charge >= 0.3 is 19.5 Å². The van der Waals surface area contributed by atoms with Gasteiger partial charge < -0.3 is 59.6 Å². The van der Waals surface area contributed by atoms with E-state index in [1.54, 1.807) is 12.7 Å². The van der Waals surface area contributed by atoms with Crippen molar-refractivity contribution in [1.82, 2.24) is 19.9 Å². The molecule has 4 aromatic rings. The standard InChI is InChI=1S/2C7H6N2.4ClH.Ru/c2*1-2-4-7-6(3-1)8-5-9-7;;;;;/h2*1-5H,(H,8,9);4*1H;/q;;;;;;+4/p-4. The molecule has 0 amide bonds. The minimum Gasteiger partial charge on any atom is -1.00 e. The molecule has 0 saturated carbocycles. The maximum atomic E-state index is 4.06. The van der Waals surface area contributed by atoms with Crippen LogP contribution < -0.4 is 49.6 Å². The van der Waals surface area contributed by atoms with Gasteiger partial charge in [0, 0.05) is 0 Å². The Morgan fingerprint density at radius 2 is 0.913 bits per heavy atom. The number of rotatable bonds is 0. The molecule has 2 aromatic carbocycles. The van der Waals surface area contributed by atoms with E-state index < -0.39 is 0 Å². The van der Waals surface area contributed by atoms with Crippen LogP contribution >= 0.6 is 0 Å². The van der Waals surface area contributed by atoms with Gasteiger partial charge in [0.1, 0.15) is 0 Å². The van der Waals surface area contributed by atoms with Gasteiger partial charge in [0.2, 0.25) is 0 Å². The van der Waals surface area contributed by atoms with E-state index in [0.717, 1.165) is 22.1 Å². The number of fused-ring (bicyclic) bond motifs is 2. The number of nitrogens with zero attached hydrogens (tertiary/aromatic N) is 2. The van der Waals surface area contributed by atoms with Crippen LogP contribution in [0.5, 0.6) is 0 Å². The Morgan fingerprint density at radius 1 is 0.565 bits per heavy atom. The Labute approximate surface area is 171 Å². The number of para-hydroxylation sites is 4. The smallest absolute Gasteiger partial charge is 1.00 e. The number of hydrogen-bond donors (Lipinski definition) is 2. The normalized spacial score (nSPS) is 8.00. The summed E-state index contributed by atoms with van der Waals surface area (Å²) in [5.74, 6) is 0. The predicted molar refractivity (Wildman–Crippen MR) is 72.2 cm³/mol. The second-order valence-corrected chi connectivity index (χ2v) is 3.84. The molecule has 0 atom stereocenters. The van der Waals surface area contributed by atoms with Crippen molar-refractivity contribution < 1.29 is 69.1 Å². The van der Waals surface area contributed by atoms with Crippen LogP contribution in [0.15, 0.2) is 61.2 Å². The second kappa shape index (κ2) is 13.6. The molecule has 124 valence electrons. The number of aromatic amines is 2. The van der Waals surface area contributed by atoms with Crippen molar-refractivity contribution in [3.05, 3.63) is 61.2 Å². The largest absolute Gasteiger partial charge is 4.00 e. The van der Waals surface area contributed by atoms with Gasteiger partial charge in [0.25, 0.3) is 0 Å². The molecule has 0 radical (unpaired) electrons. The number of imidazole rings is 2. The van der Waals surface area contributed by atoms with Gasteiger partial charge in [-0.3, -0.25) is 0 Å². The molecule has 0 bridgehead atoms. The summed E-state index contributed by atoms with van der Waals surface area (Å²) in [6, 6.07) is 15.9. The van der Waals surface area contributed by atoms with Crippen molar-refractivity contribution in [2.24, 2.45) is 0 Å². The van der Waals surface area contributed by atoms with Crippen molar-refractivity contribution in [3.63, 3.8) is 0 Å². The van der Waals surface area contributed by atoms with Gasteiger partial charge in [0.15, 0.2) is 0 Å². The Morgan fingerprint density at radius 3 is 1.26 bits per heavy atom. The minimum absolute atomic E-state index is 0. The molecule has 23 heavy (non-hydrogen) atoms. The summed E-state index contributed by atoms with van der Waals surface area (Å²) in [4.78, 5) is 14.1. The quantitative estimate of drug-likeness (QED) is 0.247. The van der Waals surface area contributed by atoms with E-state index in [-0.39, 0.29) is 69.1 Å². The van der Waals surface area contributed by atoms with Crippen molar-refractivity contribution in [2.45, 2.75) is 0 Å². The number of nitrogens with one attached hydrogen (secondary N) is 2. The molecule has 2 N–H and O–H groups in total. The number of halogens is 4. The summed E-state index contributed by atoms with van der Waals surface area (Å²) in [6.07, 6.45) is 3.40. The first-order chi connectivity index (χ1) is 8.93. The van der Waals surface area contributed by atoms with Gasteiger partial charge in [-0.1, -0.05) is 24.3 Å². The monoisotopic (exact) mass is 478 g/mol. The van der Waals surface area contributed by atoms with Crippen molar-refractivity contribution >= 4 is 22.1 Å². The second-order valence-electron chi connectivity index (χ2n) is 3.84. The fourth-order valence-corrected chi connectivity index (χ4v) is 1.76. The molecular weight excluding hydrogens is 467 g/mol. The topological polar surface area (TPSA) is 57.4 Å². The summed E-state index contributed by atoms with van der Waals surface area (Å²) >= 11 is 0. The summed E-state index contributed by atoms with van der Waals surface area (Å²) < 4.78 is 0. The van der Waals surface area contributed by atoms with E-state index in [1.165, 1.54) is 0 Å². The Balaban J connectivity index is -0.000000286. The van der Waals surface area contributed by atoms with Crippen LogP contribution in [0, 0.1) is 0 Å². The van der Waals surface area contributed by atoms with Gasteiger partial charge in [-0.05, 0) is 24.3 Å². The summed E-state index contributed by atoms with van der Waals surface area (Å²) in [7, 11) is 0. The molecule has 2 aromatic heterocycles. The number of hydrogen-bond acceptors (Lipinski definition) is 2. The van der Waals surface area contributed by atoms with Crippen molar-refractivity contribution in [1.29, 1.82) is 0 Å². The van der Waals surface area contributed by atoms with Crippen LogP contribution in [0.2, 0.25) is 0 Å². The zero-order valence-electron chi connectivity index (χ0n) is 11.5. The summed E-state index contributed by atoms with van der Waals surface area (Å²) in [5, 5.41) is 0. The molecule has 0 aliphatic heterocycles. The van der Waals surface area contributed by atoms with Crippen molar-refractivity contribution in [2.75, 3.05) is 0 Å². The first-order valence-corrected chi connectivity index (χ1v) is 5.70. The van der Waals surface area contributed by atoms with Crippen LogP contribution in [0.25, 0.3) is 22.1 Å². The zero-order valence-corrected chi connectivity index (χ0v) is 16.3. The maximum absolute atomic E-state index is 4.06. The van der Waals surface area contributed by atoms with Gasteiger partial charge in [0.05, 0.1) is 34.7 Å². The number of benzene rings is 2. The number of H-pyrrole nitrogens is 2. The Kier molecular flexibility index (Phi) is 16.0. The van der Waals surface area contributed by atoms with E-state index in [1.807, 2.05) is 48.5 Å². The van der Waals surface area contributed by atoms with E-state index in [2.05, 4.69) is 19.9 Å². The van der Waals surface area contributed by atoms with E-state index in [4.69, 9.17) is 0 Å². The third kappa shape index (κ3) is 7.07. The van der Waals surface area contributed by atoms with Gasteiger partial charge in [-0.15, -0.1) is 0 Å². The molecule has 0 saturated heterocycles. The minimum atomic E-state index is 0. The first-order valence-electron chi connectivity index (χ1n) is 5.70. The Hall–Kier alpha value is -0.837. The summed E-state index contributed by atoms with van der Waals surface area (Å²) in [5.41, 5.74) is 4.24. The molecule has 0 aliphatic carbocycles. The molecule has 0 aliphatic rings. The third-order valence-electron chi connectivity index (χ3n) is 2.66. The molecule has 9 heteroatoms. The molecule has 4 nitrogen and oxygen atoms in total. The number of aromatic nitrogens is 4. The van der Waals surface area contributed by atoms with Crippen LogP contribution in [-0.4, -0.2) is 19.9 Å². The summed E-state index contributed by atoms with van der Waals surface area (Å²) in [6.45, 7) is 0. The molecule has 0 spiro atoms. The Bertz CT molecular complexity index is 649. The third-order valence-corrected chi connectivity index (χ3v) is 2.66. The average Bonchev–Trinajstić information content (AvgIpc) is 3.08. The van der Waals surface area contributed by atoms with Crippen LogP contribution in [-0.2, 0) is 19.5 Å². The molecule has 2 heterocycles. The fourth-order valence-electron chi connectivity index (χ4n) is 1.76. The SMILES string of the molecule is [Cl-].[Cl-].[Cl-].[Cl-].[Ru+4].c1ccc2[nH]cnc2c1.c1ccc2[nH]cnc2c1. The predicted octanol–water partition coefficient (Wildman–Crippen LogP) is -8.86. The van der Waals surface area contributed by atoms with Crippen LogP contribution in [0.3, 0.4) is 0 Å². The van der Waals surface area contributed by atoms with E-state index in [0.29, 0.717) is 0 Å². The fraction of sp³-hybridized carbons (Fsp3) is 0. The molecule has 4 rings (SSSR count). The van der Waals surface area contributed by atoms with Gasteiger partial charge in [-0.25, -0.2) is 9.97 Å². The average molecular weight is 479 g/mol. The van der Waals surface area contributed by atoms with E-state index >= 15 is 0 Å². The van der Waals surface area contributed by atoms with Crippen molar-refractivity contribution in [3.8, 4) is 0 Å². The first kappa shape index (κ1) is 27.0. The maximum Gasteiger partial charge on any atom is 4.00 e. The molecule has 0 unspecified atom stereocenters. The van der Waals surface area contributed by atoms with Gasteiger partial charge in [-0.2, -0.15) is 0 Å². The molecule has 0 fully saturated rings. The molecular formula is C14H12Cl4N4Ru. The van der Waals surface area contributed by atoms with Crippen LogP contribution in [0.4, 0.5) is 0 Å². The van der Waals surface area contributed by atoms with E-state index in [9.17, 15) is 0 Å². The van der Waals surface area contributed by atoms with Crippen LogP contribution in [0.1, 0.15) is 0 Å². The zero-order chi connectivity index (χ0) is 12.2.